The predicted molar refractivity (Wildman–Crippen MR) is 72.9 cm³/mol. The van der Waals surface area contributed by atoms with Gasteiger partial charge < -0.3 is 9.47 Å². The molecule has 0 aromatic heterocycles. The molecule has 0 radical (unpaired) electrons. The van der Waals surface area contributed by atoms with Crippen molar-refractivity contribution in [3.8, 4) is 5.75 Å². The van der Waals surface area contributed by atoms with Gasteiger partial charge in [-0.3, -0.25) is 0 Å². The Labute approximate surface area is 112 Å². The normalized spacial score (nSPS) is 10.6. The molecule has 0 amide bonds. The van der Waals surface area contributed by atoms with E-state index < -0.39 is 0 Å². The van der Waals surface area contributed by atoms with E-state index in [1.807, 2.05) is 19.1 Å². The predicted octanol–water partition coefficient (Wildman–Crippen LogP) is 3.71. The molecule has 18 heavy (non-hydrogen) atoms. The topological polar surface area (TPSA) is 35.5 Å². The quantitative estimate of drug-likeness (QED) is 0.583. The molecule has 0 aliphatic carbocycles. The van der Waals surface area contributed by atoms with E-state index >= 15 is 0 Å². The molecule has 0 unspecified atom stereocenters. The zero-order valence-corrected chi connectivity index (χ0v) is 11.4. The highest BCUT2D eigenvalue weighted by Crippen LogP contribution is 2.29. The van der Waals surface area contributed by atoms with Crippen LogP contribution in [0.25, 0.3) is 6.08 Å². The number of benzene rings is 1. The van der Waals surface area contributed by atoms with Crippen LogP contribution in [-0.2, 0) is 9.53 Å². The van der Waals surface area contributed by atoms with Crippen molar-refractivity contribution in [2.75, 3.05) is 13.2 Å². The first kappa shape index (κ1) is 14.6. The summed E-state index contributed by atoms with van der Waals surface area (Å²) in [6.07, 6.45) is 3.90. The fourth-order valence-corrected chi connectivity index (χ4v) is 1.57. The van der Waals surface area contributed by atoms with Gasteiger partial charge in [-0.15, -0.1) is 0 Å². The number of halogens is 1. The summed E-state index contributed by atoms with van der Waals surface area (Å²) in [5.74, 6) is 0.248. The SMILES string of the molecule is CCCOc1cccc(/C=C/C(=O)OCC)c1Cl. The summed E-state index contributed by atoms with van der Waals surface area (Å²) >= 11 is 6.18. The first-order chi connectivity index (χ1) is 8.69. The number of esters is 1. The first-order valence-corrected chi connectivity index (χ1v) is 6.33. The Morgan fingerprint density at radius 3 is 2.83 bits per heavy atom. The summed E-state index contributed by atoms with van der Waals surface area (Å²) < 4.78 is 10.3. The van der Waals surface area contributed by atoms with Crippen molar-refractivity contribution in [2.24, 2.45) is 0 Å². The molecule has 4 heteroatoms. The van der Waals surface area contributed by atoms with E-state index in [1.165, 1.54) is 6.08 Å². The van der Waals surface area contributed by atoms with Gasteiger partial charge in [0.1, 0.15) is 5.75 Å². The molecule has 3 nitrogen and oxygen atoms in total. The average Bonchev–Trinajstić information content (AvgIpc) is 2.36. The van der Waals surface area contributed by atoms with Crippen molar-refractivity contribution in [1.82, 2.24) is 0 Å². The molecule has 0 fully saturated rings. The van der Waals surface area contributed by atoms with Crippen molar-refractivity contribution in [1.29, 1.82) is 0 Å². The number of ether oxygens (including phenoxy) is 2. The maximum Gasteiger partial charge on any atom is 0.330 e. The van der Waals surface area contributed by atoms with Gasteiger partial charge in [-0.2, -0.15) is 0 Å². The van der Waals surface area contributed by atoms with Crippen LogP contribution >= 0.6 is 11.6 Å². The van der Waals surface area contributed by atoms with E-state index in [4.69, 9.17) is 21.1 Å². The lowest BCUT2D eigenvalue weighted by Gasteiger charge is -2.08. The highest BCUT2D eigenvalue weighted by atomic mass is 35.5. The minimum absolute atomic E-state index is 0.358. The van der Waals surface area contributed by atoms with Gasteiger partial charge >= 0.3 is 5.97 Å². The van der Waals surface area contributed by atoms with Crippen LogP contribution < -0.4 is 4.74 Å². The van der Waals surface area contributed by atoms with Crippen LogP contribution in [0.1, 0.15) is 25.8 Å². The standard InChI is InChI=1S/C14H17ClO3/c1-3-10-18-12-7-5-6-11(14(12)15)8-9-13(16)17-4-2/h5-9H,3-4,10H2,1-2H3/b9-8+. The van der Waals surface area contributed by atoms with Crippen molar-refractivity contribution in [3.05, 3.63) is 34.9 Å². The second-order valence-corrected chi connectivity index (χ2v) is 3.97. The molecule has 0 saturated carbocycles. The first-order valence-electron chi connectivity index (χ1n) is 5.95. The fraction of sp³-hybridized carbons (Fsp3) is 0.357. The molecule has 1 aromatic rings. The van der Waals surface area contributed by atoms with Crippen LogP contribution in [-0.4, -0.2) is 19.2 Å². The van der Waals surface area contributed by atoms with E-state index in [0.717, 1.165) is 12.0 Å². The molecule has 0 saturated heterocycles. The number of hydrogen-bond donors (Lipinski definition) is 0. The Bertz CT molecular complexity index is 427. The lowest BCUT2D eigenvalue weighted by molar-refractivity contribution is -0.137. The van der Waals surface area contributed by atoms with Gasteiger partial charge in [0.25, 0.3) is 0 Å². The largest absolute Gasteiger partial charge is 0.492 e. The van der Waals surface area contributed by atoms with Crippen LogP contribution in [0.5, 0.6) is 5.75 Å². The molecule has 0 aliphatic heterocycles. The monoisotopic (exact) mass is 268 g/mol. The zero-order valence-electron chi connectivity index (χ0n) is 10.6. The third-order valence-electron chi connectivity index (χ3n) is 2.14. The maximum absolute atomic E-state index is 11.2. The molecule has 1 aromatic carbocycles. The van der Waals surface area contributed by atoms with Crippen LogP contribution in [0.4, 0.5) is 0 Å². The number of carbonyl (C=O) groups is 1. The van der Waals surface area contributed by atoms with E-state index in [-0.39, 0.29) is 5.97 Å². The average molecular weight is 269 g/mol. The fourth-order valence-electron chi connectivity index (χ4n) is 1.33. The summed E-state index contributed by atoms with van der Waals surface area (Å²) in [6.45, 7) is 4.76. The third kappa shape index (κ3) is 4.41. The minimum atomic E-state index is -0.381. The lowest BCUT2D eigenvalue weighted by Crippen LogP contribution is -1.99. The van der Waals surface area contributed by atoms with E-state index in [9.17, 15) is 4.79 Å². The smallest absolute Gasteiger partial charge is 0.330 e. The van der Waals surface area contributed by atoms with Crippen LogP contribution in [0.3, 0.4) is 0 Å². The summed E-state index contributed by atoms with van der Waals surface area (Å²) in [4.78, 5) is 11.2. The number of hydrogen-bond acceptors (Lipinski definition) is 3. The van der Waals surface area contributed by atoms with Gasteiger partial charge in [0, 0.05) is 6.08 Å². The van der Waals surface area contributed by atoms with Crippen molar-refractivity contribution < 1.29 is 14.3 Å². The maximum atomic E-state index is 11.2. The Hall–Kier alpha value is -1.48. The molecule has 0 spiro atoms. The molecular formula is C14H17ClO3. The minimum Gasteiger partial charge on any atom is -0.492 e. The molecule has 0 bridgehead atoms. The van der Waals surface area contributed by atoms with E-state index in [2.05, 4.69) is 0 Å². The Kier molecular flexibility index (Phi) is 6.29. The lowest BCUT2D eigenvalue weighted by atomic mass is 10.2. The van der Waals surface area contributed by atoms with Crippen LogP contribution in [0.15, 0.2) is 24.3 Å². The second kappa shape index (κ2) is 7.77. The van der Waals surface area contributed by atoms with E-state index in [0.29, 0.717) is 24.0 Å². The molecule has 0 aliphatic rings. The van der Waals surface area contributed by atoms with Gasteiger partial charge in [0.2, 0.25) is 0 Å². The van der Waals surface area contributed by atoms with Crippen molar-refractivity contribution in [2.45, 2.75) is 20.3 Å². The highest BCUT2D eigenvalue weighted by Gasteiger charge is 2.05. The number of rotatable bonds is 6. The number of carbonyl (C=O) groups excluding carboxylic acids is 1. The van der Waals surface area contributed by atoms with Crippen molar-refractivity contribution in [3.63, 3.8) is 0 Å². The second-order valence-electron chi connectivity index (χ2n) is 3.59. The Morgan fingerprint density at radius 2 is 2.17 bits per heavy atom. The summed E-state index contributed by atoms with van der Waals surface area (Å²) in [5.41, 5.74) is 0.735. The molecule has 0 heterocycles. The summed E-state index contributed by atoms with van der Waals surface area (Å²) in [6, 6.07) is 5.46. The van der Waals surface area contributed by atoms with Gasteiger partial charge in [-0.1, -0.05) is 30.7 Å². The Morgan fingerprint density at radius 1 is 1.39 bits per heavy atom. The third-order valence-corrected chi connectivity index (χ3v) is 2.54. The molecule has 1 rings (SSSR count). The highest BCUT2D eigenvalue weighted by molar-refractivity contribution is 6.33. The Balaban J connectivity index is 2.80. The zero-order chi connectivity index (χ0) is 13.4. The summed E-state index contributed by atoms with van der Waals surface area (Å²) in [7, 11) is 0. The van der Waals surface area contributed by atoms with Crippen LogP contribution in [0.2, 0.25) is 5.02 Å². The van der Waals surface area contributed by atoms with Gasteiger partial charge in [-0.05, 0) is 31.1 Å². The van der Waals surface area contributed by atoms with Gasteiger partial charge in [-0.25, -0.2) is 4.79 Å². The summed E-state index contributed by atoms with van der Waals surface area (Å²) in [5, 5.41) is 0.506. The molecule has 0 atom stereocenters. The van der Waals surface area contributed by atoms with Gasteiger partial charge in [0.05, 0.1) is 18.2 Å². The van der Waals surface area contributed by atoms with Crippen molar-refractivity contribution >= 4 is 23.6 Å². The molecule has 0 N–H and O–H groups in total. The van der Waals surface area contributed by atoms with Gasteiger partial charge in [0.15, 0.2) is 0 Å². The van der Waals surface area contributed by atoms with E-state index in [1.54, 1.807) is 19.1 Å². The molecular weight excluding hydrogens is 252 g/mol. The van der Waals surface area contributed by atoms with Crippen LogP contribution in [0, 0.1) is 0 Å². The molecule has 98 valence electrons.